The fourth-order valence-electron chi connectivity index (χ4n) is 2.81. The molecule has 0 unspecified atom stereocenters. The summed E-state index contributed by atoms with van der Waals surface area (Å²) in [6, 6.07) is 1.97. The van der Waals surface area contributed by atoms with Crippen molar-refractivity contribution < 1.29 is 9.90 Å². The monoisotopic (exact) mass is 274 g/mol. The van der Waals surface area contributed by atoms with Crippen LogP contribution < -0.4 is 0 Å². The zero-order chi connectivity index (χ0) is 14.1. The van der Waals surface area contributed by atoms with Crippen molar-refractivity contribution in [2.45, 2.75) is 38.6 Å². The third-order valence-corrected chi connectivity index (χ3v) is 3.83. The second-order valence-corrected chi connectivity index (χ2v) is 5.34. The Kier molecular flexibility index (Phi) is 3.30. The minimum absolute atomic E-state index is 0.0345. The molecule has 0 saturated carbocycles. The van der Waals surface area contributed by atoms with Crippen LogP contribution in [0.15, 0.2) is 18.5 Å². The van der Waals surface area contributed by atoms with E-state index < -0.39 is 6.09 Å². The summed E-state index contributed by atoms with van der Waals surface area (Å²) in [5, 5.41) is 9.25. The first-order chi connectivity index (χ1) is 9.63. The van der Waals surface area contributed by atoms with Gasteiger partial charge in [-0.3, -0.25) is 4.40 Å². The van der Waals surface area contributed by atoms with Crippen LogP contribution in [-0.4, -0.2) is 43.1 Å². The first kappa shape index (κ1) is 12.9. The van der Waals surface area contributed by atoms with Gasteiger partial charge in [-0.2, -0.15) is 0 Å². The average Bonchev–Trinajstić information content (AvgIpc) is 2.80. The molecule has 1 N–H and O–H groups in total. The van der Waals surface area contributed by atoms with Gasteiger partial charge in [0.15, 0.2) is 0 Å². The number of imidazole rings is 1. The van der Waals surface area contributed by atoms with Gasteiger partial charge in [0, 0.05) is 37.1 Å². The number of likely N-dealkylation sites (tertiary alicyclic amines) is 1. The van der Waals surface area contributed by atoms with E-state index >= 15 is 0 Å². The van der Waals surface area contributed by atoms with E-state index in [9.17, 15) is 9.90 Å². The van der Waals surface area contributed by atoms with Gasteiger partial charge in [0.05, 0.1) is 5.69 Å². The van der Waals surface area contributed by atoms with E-state index in [1.54, 1.807) is 4.90 Å². The number of hydrogen-bond acceptors (Lipinski definition) is 3. The minimum atomic E-state index is -0.826. The summed E-state index contributed by atoms with van der Waals surface area (Å²) < 4.78 is 1.89. The second-order valence-electron chi connectivity index (χ2n) is 5.34. The summed E-state index contributed by atoms with van der Waals surface area (Å²) in [5.41, 5.74) is 1.83. The normalized spacial score (nSPS) is 19.4. The van der Waals surface area contributed by atoms with Crippen molar-refractivity contribution in [3.8, 4) is 0 Å². The van der Waals surface area contributed by atoms with Crippen LogP contribution in [0.2, 0.25) is 0 Å². The second kappa shape index (κ2) is 5.11. The molecule has 1 saturated heterocycles. The maximum atomic E-state index is 11.3. The van der Waals surface area contributed by atoms with E-state index in [-0.39, 0.29) is 6.04 Å². The standard InChI is InChI=1S/C14H18N4O2/c1-10-5-7-17-9-11(16-13(17)15-10)8-12-4-2-3-6-18(12)14(19)20/h5,7,9,12H,2-4,6,8H2,1H3,(H,19,20)/t12-/m0/s1. The van der Waals surface area contributed by atoms with E-state index in [0.717, 1.165) is 30.7 Å². The highest BCUT2D eigenvalue weighted by Gasteiger charge is 2.27. The molecule has 1 atom stereocenters. The molecule has 0 spiro atoms. The maximum absolute atomic E-state index is 11.3. The number of nitrogens with zero attached hydrogens (tertiary/aromatic N) is 4. The lowest BCUT2D eigenvalue weighted by Gasteiger charge is -2.33. The molecule has 2 aromatic rings. The molecule has 1 aliphatic heterocycles. The molecule has 0 radical (unpaired) electrons. The number of carboxylic acid groups (broad SMARTS) is 1. The minimum Gasteiger partial charge on any atom is -0.465 e. The fourth-order valence-corrected chi connectivity index (χ4v) is 2.81. The van der Waals surface area contributed by atoms with Gasteiger partial charge in [0.2, 0.25) is 5.78 Å². The van der Waals surface area contributed by atoms with E-state index in [2.05, 4.69) is 9.97 Å². The zero-order valence-electron chi connectivity index (χ0n) is 11.5. The van der Waals surface area contributed by atoms with Crippen LogP contribution in [0.5, 0.6) is 0 Å². The molecule has 6 nitrogen and oxygen atoms in total. The van der Waals surface area contributed by atoms with Crippen LogP contribution in [0, 0.1) is 6.92 Å². The van der Waals surface area contributed by atoms with Crippen LogP contribution in [0.3, 0.4) is 0 Å². The highest BCUT2D eigenvalue weighted by molar-refractivity contribution is 5.65. The molecule has 1 aliphatic rings. The van der Waals surface area contributed by atoms with Crippen LogP contribution in [0.4, 0.5) is 4.79 Å². The van der Waals surface area contributed by atoms with Crippen molar-refractivity contribution in [3.63, 3.8) is 0 Å². The molecular weight excluding hydrogens is 256 g/mol. The van der Waals surface area contributed by atoms with Crippen molar-refractivity contribution in [1.82, 2.24) is 19.3 Å². The summed E-state index contributed by atoms with van der Waals surface area (Å²) in [6.45, 7) is 2.56. The predicted octanol–water partition coefficient (Wildman–Crippen LogP) is 2.11. The Bertz CT molecular complexity index is 637. The Balaban J connectivity index is 1.82. The van der Waals surface area contributed by atoms with Gasteiger partial charge >= 0.3 is 6.09 Å². The largest absolute Gasteiger partial charge is 0.465 e. The molecule has 1 amide bonds. The highest BCUT2D eigenvalue weighted by atomic mass is 16.4. The molecule has 0 aliphatic carbocycles. The van der Waals surface area contributed by atoms with Crippen LogP contribution >= 0.6 is 0 Å². The summed E-state index contributed by atoms with van der Waals surface area (Å²) in [7, 11) is 0. The van der Waals surface area contributed by atoms with Crippen molar-refractivity contribution in [1.29, 1.82) is 0 Å². The van der Waals surface area contributed by atoms with E-state index in [0.29, 0.717) is 18.7 Å². The molecule has 1 fully saturated rings. The molecule has 106 valence electrons. The Labute approximate surface area is 117 Å². The number of amides is 1. The number of aromatic nitrogens is 3. The Morgan fingerprint density at radius 3 is 3.10 bits per heavy atom. The number of carbonyl (C=O) groups is 1. The highest BCUT2D eigenvalue weighted by Crippen LogP contribution is 2.20. The average molecular weight is 274 g/mol. The number of hydrogen-bond donors (Lipinski definition) is 1. The fraction of sp³-hybridized carbons (Fsp3) is 0.500. The van der Waals surface area contributed by atoms with E-state index in [4.69, 9.17) is 0 Å². The summed E-state index contributed by atoms with van der Waals surface area (Å²) in [4.78, 5) is 21.7. The molecule has 0 aromatic carbocycles. The van der Waals surface area contributed by atoms with Gasteiger partial charge in [0.25, 0.3) is 0 Å². The van der Waals surface area contributed by atoms with Gasteiger partial charge in [-0.1, -0.05) is 0 Å². The SMILES string of the molecule is Cc1ccn2cc(C[C@@H]3CCCCN3C(=O)O)nc2n1. The maximum Gasteiger partial charge on any atom is 0.407 e. The number of rotatable bonds is 2. The summed E-state index contributed by atoms with van der Waals surface area (Å²) in [5.74, 6) is 0.678. The zero-order valence-corrected chi connectivity index (χ0v) is 11.5. The lowest BCUT2D eigenvalue weighted by molar-refractivity contribution is 0.106. The summed E-state index contributed by atoms with van der Waals surface area (Å²) in [6.07, 6.45) is 6.66. The Hall–Kier alpha value is -2.11. The quantitative estimate of drug-likeness (QED) is 0.910. The van der Waals surface area contributed by atoms with Crippen molar-refractivity contribution in [3.05, 3.63) is 29.8 Å². The number of aryl methyl sites for hydroxylation is 1. The molecule has 3 heterocycles. The Morgan fingerprint density at radius 2 is 2.30 bits per heavy atom. The summed E-state index contributed by atoms with van der Waals surface area (Å²) >= 11 is 0. The third kappa shape index (κ3) is 2.45. The van der Waals surface area contributed by atoms with Crippen LogP contribution in [0.25, 0.3) is 5.78 Å². The number of piperidine rings is 1. The first-order valence-electron chi connectivity index (χ1n) is 6.94. The Morgan fingerprint density at radius 1 is 1.45 bits per heavy atom. The van der Waals surface area contributed by atoms with Crippen molar-refractivity contribution in [2.75, 3.05) is 6.54 Å². The third-order valence-electron chi connectivity index (χ3n) is 3.83. The molecule has 2 aromatic heterocycles. The topological polar surface area (TPSA) is 70.7 Å². The number of fused-ring (bicyclic) bond motifs is 1. The van der Waals surface area contributed by atoms with Gasteiger partial charge in [-0.15, -0.1) is 0 Å². The lowest BCUT2D eigenvalue weighted by atomic mass is 9.99. The first-order valence-corrected chi connectivity index (χ1v) is 6.94. The predicted molar refractivity (Wildman–Crippen MR) is 73.8 cm³/mol. The van der Waals surface area contributed by atoms with Gasteiger partial charge in [0.1, 0.15) is 0 Å². The lowest BCUT2D eigenvalue weighted by Crippen LogP contribution is -2.44. The van der Waals surface area contributed by atoms with E-state index in [1.807, 2.05) is 29.8 Å². The van der Waals surface area contributed by atoms with Crippen LogP contribution in [0.1, 0.15) is 30.7 Å². The molecule has 0 bridgehead atoms. The smallest absolute Gasteiger partial charge is 0.407 e. The molecule has 20 heavy (non-hydrogen) atoms. The van der Waals surface area contributed by atoms with Gasteiger partial charge < -0.3 is 10.0 Å². The van der Waals surface area contributed by atoms with E-state index in [1.165, 1.54) is 0 Å². The van der Waals surface area contributed by atoms with Gasteiger partial charge in [-0.05, 0) is 32.3 Å². The van der Waals surface area contributed by atoms with Crippen molar-refractivity contribution >= 4 is 11.9 Å². The molecular formula is C14H18N4O2. The molecule has 3 rings (SSSR count). The molecule has 6 heteroatoms. The van der Waals surface area contributed by atoms with Crippen molar-refractivity contribution in [2.24, 2.45) is 0 Å². The van der Waals surface area contributed by atoms with Crippen LogP contribution in [-0.2, 0) is 6.42 Å². The van der Waals surface area contributed by atoms with Gasteiger partial charge in [-0.25, -0.2) is 14.8 Å².